The quantitative estimate of drug-likeness (QED) is 0.530. The second kappa shape index (κ2) is 4.16. The normalized spacial score (nSPS) is 20.2. The van der Waals surface area contributed by atoms with E-state index < -0.39 is 0 Å². The molecule has 0 amide bonds. The molecule has 0 aliphatic heterocycles. The maximum absolute atomic E-state index is 2.54. The topological polar surface area (TPSA) is 0 Å². The fraction of sp³-hybridized carbons (Fsp3) is 0.556. The Morgan fingerprint density at radius 3 is 2.50 bits per heavy atom. The number of halogens is 1. The van der Waals surface area contributed by atoms with E-state index in [1.165, 1.54) is 12.8 Å². The predicted molar refractivity (Wildman–Crippen MR) is 54.5 cm³/mol. The molecule has 1 rings (SSSR count). The van der Waals surface area contributed by atoms with Crippen LogP contribution in [-0.4, -0.2) is 3.92 Å². The first-order valence-corrected chi connectivity index (χ1v) is 5.08. The number of alkyl halides is 1. The van der Waals surface area contributed by atoms with Gasteiger partial charge >= 0.3 is 0 Å². The molecule has 0 N–H and O–H groups in total. The fourth-order valence-corrected chi connectivity index (χ4v) is 2.26. The van der Waals surface area contributed by atoms with Crippen molar-refractivity contribution in [1.82, 2.24) is 0 Å². The monoisotopic (exact) mass is 248 g/mol. The Morgan fingerprint density at radius 1 is 1.40 bits per heavy atom. The Bertz CT molecular complexity index is 135. The zero-order valence-electron chi connectivity index (χ0n) is 6.26. The van der Waals surface area contributed by atoms with Crippen molar-refractivity contribution < 1.29 is 0 Å². The SMILES string of the molecule is CCCC(I)C1C=CC=C1. The van der Waals surface area contributed by atoms with E-state index in [9.17, 15) is 0 Å². The van der Waals surface area contributed by atoms with E-state index in [0.717, 1.165) is 3.92 Å². The van der Waals surface area contributed by atoms with Gasteiger partial charge in [-0.25, -0.2) is 0 Å². The van der Waals surface area contributed by atoms with E-state index in [1.807, 2.05) is 0 Å². The Balaban J connectivity index is 2.33. The van der Waals surface area contributed by atoms with Crippen LogP contribution in [0.5, 0.6) is 0 Å². The summed E-state index contributed by atoms with van der Waals surface area (Å²) in [5, 5.41) is 0. The number of rotatable bonds is 3. The molecule has 0 aromatic carbocycles. The molecular weight excluding hydrogens is 235 g/mol. The summed E-state index contributed by atoms with van der Waals surface area (Å²) in [6.07, 6.45) is 11.5. The first-order valence-electron chi connectivity index (χ1n) is 3.83. The van der Waals surface area contributed by atoms with Crippen LogP contribution in [0.25, 0.3) is 0 Å². The molecule has 0 bridgehead atoms. The largest absolute Gasteiger partial charge is 0.0816 e. The lowest BCUT2D eigenvalue weighted by atomic mass is 10.0. The van der Waals surface area contributed by atoms with Crippen LogP contribution >= 0.6 is 22.6 Å². The van der Waals surface area contributed by atoms with Crippen LogP contribution < -0.4 is 0 Å². The first kappa shape index (κ1) is 8.31. The van der Waals surface area contributed by atoms with Gasteiger partial charge in [-0.05, 0) is 6.42 Å². The Morgan fingerprint density at radius 2 is 2.00 bits per heavy atom. The summed E-state index contributed by atoms with van der Waals surface area (Å²) in [4.78, 5) is 0. The van der Waals surface area contributed by atoms with Crippen molar-refractivity contribution in [1.29, 1.82) is 0 Å². The van der Waals surface area contributed by atoms with Gasteiger partial charge in [-0.1, -0.05) is 60.2 Å². The van der Waals surface area contributed by atoms with Crippen molar-refractivity contribution in [2.45, 2.75) is 23.7 Å². The number of hydrogen-bond donors (Lipinski definition) is 0. The third-order valence-corrected chi connectivity index (χ3v) is 3.21. The average molecular weight is 248 g/mol. The van der Waals surface area contributed by atoms with Gasteiger partial charge in [-0.15, -0.1) is 0 Å². The molecule has 0 fully saturated rings. The van der Waals surface area contributed by atoms with Crippen molar-refractivity contribution in [3.05, 3.63) is 24.3 Å². The van der Waals surface area contributed by atoms with Crippen molar-refractivity contribution in [2.24, 2.45) is 5.92 Å². The third-order valence-electron chi connectivity index (χ3n) is 1.76. The van der Waals surface area contributed by atoms with E-state index in [-0.39, 0.29) is 0 Å². The van der Waals surface area contributed by atoms with Crippen LogP contribution in [0.15, 0.2) is 24.3 Å². The zero-order chi connectivity index (χ0) is 7.40. The molecule has 56 valence electrons. The molecule has 0 radical (unpaired) electrons. The summed E-state index contributed by atoms with van der Waals surface area (Å²) in [6.45, 7) is 2.24. The molecule has 0 aromatic rings. The minimum absolute atomic E-state index is 0.709. The molecule has 0 saturated heterocycles. The Labute approximate surface area is 76.5 Å². The number of hydrogen-bond acceptors (Lipinski definition) is 0. The van der Waals surface area contributed by atoms with Crippen molar-refractivity contribution in [2.75, 3.05) is 0 Å². The van der Waals surface area contributed by atoms with Crippen molar-refractivity contribution in [3.63, 3.8) is 0 Å². The second-order valence-electron chi connectivity index (χ2n) is 2.65. The highest BCUT2D eigenvalue weighted by Crippen LogP contribution is 2.24. The fourth-order valence-electron chi connectivity index (χ4n) is 1.16. The lowest BCUT2D eigenvalue weighted by Crippen LogP contribution is -2.06. The molecule has 0 aromatic heterocycles. The van der Waals surface area contributed by atoms with Crippen molar-refractivity contribution in [3.8, 4) is 0 Å². The van der Waals surface area contributed by atoms with Gasteiger partial charge in [0.05, 0.1) is 0 Å². The van der Waals surface area contributed by atoms with Gasteiger partial charge in [0.15, 0.2) is 0 Å². The van der Waals surface area contributed by atoms with Gasteiger partial charge in [0.1, 0.15) is 0 Å². The van der Waals surface area contributed by atoms with Gasteiger partial charge in [0.25, 0.3) is 0 Å². The van der Waals surface area contributed by atoms with E-state index in [4.69, 9.17) is 0 Å². The molecule has 1 heteroatoms. The summed E-state index contributed by atoms with van der Waals surface area (Å²) in [7, 11) is 0. The summed E-state index contributed by atoms with van der Waals surface area (Å²) in [5.41, 5.74) is 0. The van der Waals surface area contributed by atoms with Gasteiger partial charge in [0.2, 0.25) is 0 Å². The summed E-state index contributed by atoms with van der Waals surface area (Å²) in [6, 6.07) is 0. The molecule has 0 heterocycles. The molecule has 0 saturated carbocycles. The first-order chi connectivity index (χ1) is 4.84. The van der Waals surface area contributed by atoms with Crippen LogP contribution in [0, 0.1) is 5.92 Å². The summed E-state index contributed by atoms with van der Waals surface area (Å²) >= 11 is 2.54. The van der Waals surface area contributed by atoms with Crippen LogP contribution in [0.1, 0.15) is 19.8 Å². The summed E-state index contributed by atoms with van der Waals surface area (Å²) < 4.78 is 0.803. The highest BCUT2D eigenvalue weighted by Gasteiger charge is 2.13. The standard InChI is InChI=1S/C9H13I/c1-2-5-9(10)8-6-3-4-7-8/h3-4,6-9H,2,5H2,1H3. The number of allylic oxidation sites excluding steroid dienone is 4. The molecule has 1 unspecified atom stereocenters. The average Bonchev–Trinajstić information content (AvgIpc) is 2.38. The Hall–Kier alpha value is 0.210. The van der Waals surface area contributed by atoms with Crippen molar-refractivity contribution >= 4 is 22.6 Å². The minimum atomic E-state index is 0.709. The third kappa shape index (κ3) is 2.11. The van der Waals surface area contributed by atoms with Crippen LogP contribution in [-0.2, 0) is 0 Å². The van der Waals surface area contributed by atoms with E-state index in [0.29, 0.717) is 5.92 Å². The molecule has 0 spiro atoms. The Kier molecular flexibility index (Phi) is 3.46. The molecule has 1 aliphatic carbocycles. The van der Waals surface area contributed by atoms with E-state index in [2.05, 4.69) is 53.8 Å². The zero-order valence-corrected chi connectivity index (χ0v) is 8.41. The van der Waals surface area contributed by atoms with Crippen LogP contribution in [0.3, 0.4) is 0 Å². The van der Waals surface area contributed by atoms with E-state index in [1.54, 1.807) is 0 Å². The molecule has 10 heavy (non-hydrogen) atoms. The van der Waals surface area contributed by atoms with E-state index >= 15 is 0 Å². The predicted octanol–water partition coefficient (Wildman–Crippen LogP) is 3.33. The lowest BCUT2D eigenvalue weighted by Gasteiger charge is -2.11. The minimum Gasteiger partial charge on any atom is -0.0816 e. The summed E-state index contributed by atoms with van der Waals surface area (Å²) in [5.74, 6) is 0.709. The maximum atomic E-state index is 2.54. The van der Waals surface area contributed by atoms with Crippen LogP contribution in [0.4, 0.5) is 0 Å². The van der Waals surface area contributed by atoms with Gasteiger partial charge < -0.3 is 0 Å². The highest BCUT2D eigenvalue weighted by atomic mass is 127. The molecule has 1 aliphatic rings. The molecular formula is C9H13I. The van der Waals surface area contributed by atoms with Gasteiger partial charge in [0, 0.05) is 9.84 Å². The lowest BCUT2D eigenvalue weighted by molar-refractivity contribution is 0.687. The molecule has 0 nitrogen and oxygen atoms in total. The smallest absolute Gasteiger partial charge is 0.0207 e. The van der Waals surface area contributed by atoms with Crippen LogP contribution in [0.2, 0.25) is 0 Å². The second-order valence-corrected chi connectivity index (χ2v) is 4.25. The maximum Gasteiger partial charge on any atom is 0.0207 e. The van der Waals surface area contributed by atoms with Gasteiger partial charge in [-0.3, -0.25) is 0 Å². The molecule has 1 atom stereocenters. The highest BCUT2D eigenvalue weighted by molar-refractivity contribution is 14.1. The van der Waals surface area contributed by atoms with Gasteiger partial charge in [-0.2, -0.15) is 0 Å².